The lowest BCUT2D eigenvalue weighted by Gasteiger charge is -2.15. The van der Waals surface area contributed by atoms with Crippen molar-refractivity contribution in [2.75, 3.05) is 6.61 Å². The third kappa shape index (κ3) is 7.14. The van der Waals surface area contributed by atoms with Crippen molar-refractivity contribution < 1.29 is 14.3 Å². The highest BCUT2D eigenvalue weighted by Crippen LogP contribution is 2.02. The monoisotopic (exact) mass is 288 g/mol. The first-order valence-corrected chi connectivity index (χ1v) is 6.77. The molecule has 0 aliphatic rings. The molecule has 0 saturated carbocycles. The summed E-state index contributed by atoms with van der Waals surface area (Å²) in [4.78, 5) is 22.9. The Labute approximate surface area is 124 Å². The number of carbonyl (C=O) groups is 2. The molecule has 5 heteroatoms. The Kier molecular flexibility index (Phi) is 7.62. The van der Waals surface area contributed by atoms with Crippen LogP contribution in [0.2, 0.25) is 0 Å². The maximum absolute atomic E-state index is 11.7. The van der Waals surface area contributed by atoms with Crippen molar-refractivity contribution in [1.82, 2.24) is 5.32 Å². The zero-order valence-electron chi connectivity index (χ0n) is 11.9. The molecule has 0 saturated heterocycles. The van der Waals surface area contributed by atoms with Crippen molar-refractivity contribution >= 4 is 11.8 Å². The van der Waals surface area contributed by atoms with Gasteiger partial charge in [-0.3, -0.25) is 9.59 Å². The number of nitrogens with one attached hydrogen (secondary N) is 1. The SMILES string of the molecule is C#CCCC[C@@H](NC(=O)COCc1ccccc1)C(N)=O. The first-order chi connectivity index (χ1) is 10.1. The van der Waals surface area contributed by atoms with Crippen LogP contribution in [0.4, 0.5) is 0 Å². The van der Waals surface area contributed by atoms with Crippen molar-refractivity contribution in [3.63, 3.8) is 0 Å². The summed E-state index contributed by atoms with van der Waals surface area (Å²) in [6, 6.07) is 8.81. The topological polar surface area (TPSA) is 81.4 Å². The first kappa shape index (κ1) is 16.7. The number of benzene rings is 1. The summed E-state index contributed by atoms with van der Waals surface area (Å²) in [6.07, 6.45) is 6.75. The van der Waals surface area contributed by atoms with E-state index < -0.39 is 11.9 Å². The number of primary amides is 1. The molecule has 3 N–H and O–H groups in total. The summed E-state index contributed by atoms with van der Waals surface area (Å²) in [5.41, 5.74) is 6.22. The second-order valence-corrected chi connectivity index (χ2v) is 4.60. The van der Waals surface area contributed by atoms with Gasteiger partial charge in [0, 0.05) is 6.42 Å². The Morgan fingerprint density at radius 1 is 1.33 bits per heavy atom. The summed E-state index contributed by atoms with van der Waals surface area (Å²) >= 11 is 0. The molecule has 0 aliphatic carbocycles. The molecule has 5 nitrogen and oxygen atoms in total. The van der Waals surface area contributed by atoms with E-state index in [0.29, 0.717) is 25.9 Å². The predicted molar refractivity (Wildman–Crippen MR) is 79.9 cm³/mol. The highest BCUT2D eigenvalue weighted by molar-refractivity contribution is 5.86. The summed E-state index contributed by atoms with van der Waals surface area (Å²) < 4.78 is 5.29. The molecule has 1 aromatic rings. The number of ether oxygens (including phenoxy) is 1. The summed E-state index contributed by atoms with van der Waals surface area (Å²) in [5, 5.41) is 2.55. The molecule has 0 aromatic heterocycles. The van der Waals surface area contributed by atoms with E-state index in [4.69, 9.17) is 16.9 Å². The number of carbonyl (C=O) groups excluding carboxylic acids is 2. The van der Waals surface area contributed by atoms with Gasteiger partial charge in [-0.2, -0.15) is 0 Å². The van der Waals surface area contributed by atoms with E-state index in [1.54, 1.807) is 0 Å². The Morgan fingerprint density at radius 3 is 2.67 bits per heavy atom. The second kappa shape index (κ2) is 9.56. The van der Waals surface area contributed by atoms with Gasteiger partial charge < -0.3 is 15.8 Å². The van der Waals surface area contributed by atoms with Crippen LogP contribution in [0.1, 0.15) is 24.8 Å². The summed E-state index contributed by atoms with van der Waals surface area (Å²) in [5.74, 6) is 1.55. The molecule has 0 heterocycles. The highest BCUT2D eigenvalue weighted by atomic mass is 16.5. The lowest BCUT2D eigenvalue weighted by Crippen LogP contribution is -2.45. The van der Waals surface area contributed by atoms with Crippen molar-refractivity contribution in [1.29, 1.82) is 0 Å². The van der Waals surface area contributed by atoms with Crippen LogP contribution in [0.25, 0.3) is 0 Å². The van der Waals surface area contributed by atoms with Gasteiger partial charge in [-0.25, -0.2) is 0 Å². The van der Waals surface area contributed by atoms with Gasteiger partial charge in [0.2, 0.25) is 11.8 Å². The average Bonchev–Trinajstić information content (AvgIpc) is 2.47. The van der Waals surface area contributed by atoms with Gasteiger partial charge in [0.15, 0.2) is 0 Å². The molecule has 1 rings (SSSR count). The minimum atomic E-state index is -0.703. The van der Waals surface area contributed by atoms with Crippen LogP contribution in [0.5, 0.6) is 0 Å². The highest BCUT2D eigenvalue weighted by Gasteiger charge is 2.17. The molecule has 112 valence electrons. The van der Waals surface area contributed by atoms with E-state index >= 15 is 0 Å². The first-order valence-electron chi connectivity index (χ1n) is 6.77. The molecule has 2 amide bonds. The zero-order chi connectivity index (χ0) is 15.5. The normalized spacial score (nSPS) is 11.4. The molecule has 1 atom stereocenters. The number of nitrogens with two attached hydrogens (primary N) is 1. The van der Waals surface area contributed by atoms with Crippen molar-refractivity contribution in [3.05, 3.63) is 35.9 Å². The van der Waals surface area contributed by atoms with Gasteiger partial charge >= 0.3 is 0 Å². The third-order valence-corrected chi connectivity index (χ3v) is 2.84. The smallest absolute Gasteiger partial charge is 0.246 e. The number of rotatable bonds is 9. The maximum Gasteiger partial charge on any atom is 0.246 e. The van der Waals surface area contributed by atoms with E-state index in [1.807, 2.05) is 30.3 Å². The van der Waals surface area contributed by atoms with Crippen molar-refractivity contribution in [3.8, 4) is 12.3 Å². The quantitative estimate of drug-likeness (QED) is 0.525. The van der Waals surface area contributed by atoms with Crippen LogP contribution < -0.4 is 11.1 Å². The van der Waals surface area contributed by atoms with Gasteiger partial charge in [0.25, 0.3) is 0 Å². The summed E-state index contributed by atoms with van der Waals surface area (Å²) in [7, 11) is 0. The fourth-order valence-corrected chi connectivity index (χ4v) is 1.77. The second-order valence-electron chi connectivity index (χ2n) is 4.60. The van der Waals surface area contributed by atoms with E-state index in [9.17, 15) is 9.59 Å². The standard InChI is InChI=1S/C16H20N2O3/c1-2-3-5-10-14(16(17)20)18-15(19)12-21-11-13-8-6-4-7-9-13/h1,4,6-9,14H,3,5,10-12H2,(H2,17,20)(H,18,19)/t14-/m1/s1. The van der Waals surface area contributed by atoms with E-state index in [-0.39, 0.29) is 12.5 Å². The number of amides is 2. The van der Waals surface area contributed by atoms with Crippen molar-refractivity contribution in [2.24, 2.45) is 5.73 Å². The minimum Gasteiger partial charge on any atom is -0.368 e. The van der Waals surface area contributed by atoms with Gasteiger partial charge in [0.1, 0.15) is 12.6 Å². The molecular formula is C16H20N2O3. The molecule has 0 unspecified atom stereocenters. The number of hydrogen-bond acceptors (Lipinski definition) is 3. The fraction of sp³-hybridized carbons (Fsp3) is 0.375. The van der Waals surface area contributed by atoms with Crippen LogP contribution in [0, 0.1) is 12.3 Å². The fourth-order valence-electron chi connectivity index (χ4n) is 1.77. The minimum absolute atomic E-state index is 0.117. The van der Waals surface area contributed by atoms with E-state index in [2.05, 4.69) is 11.2 Å². The Balaban J connectivity index is 2.30. The average molecular weight is 288 g/mol. The maximum atomic E-state index is 11.7. The van der Waals surface area contributed by atoms with E-state index in [1.165, 1.54) is 0 Å². The number of hydrogen-bond donors (Lipinski definition) is 2. The number of terminal acetylenes is 1. The van der Waals surface area contributed by atoms with Crippen LogP contribution >= 0.6 is 0 Å². The van der Waals surface area contributed by atoms with Crippen LogP contribution in [-0.2, 0) is 20.9 Å². The molecular weight excluding hydrogens is 268 g/mol. The van der Waals surface area contributed by atoms with Gasteiger partial charge in [0.05, 0.1) is 6.61 Å². The van der Waals surface area contributed by atoms with Gasteiger partial charge in [-0.1, -0.05) is 30.3 Å². The molecule has 0 spiro atoms. The third-order valence-electron chi connectivity index (χ3n) is 2.84. The lowest BCUT2D eigenvalue weighted by atomic mass is 10.1. The molecule has 1 aromatic carbocycles. The van der Waals surface area contributed by atoms with Crippen LogP contribution in [-0.4, -0.2) is 24.5 Å². The predicted octanol–water partition coefficient (Wildman–Crippen LogP) is 0.977. The zero-order valence-corrected chi connectivity index (χ0v) is 11.9. The lowest BCUT2D eigenvalue weighted by molar-refractivity contribution is -0.130. The van der Waals surface area contributed by atoms with E-state index in [0.717, 1.165) is 5.56 Å². The molecule has 0 fully saturated rings. The van der Waals surface area contributed by atoms with Crippen molar-refractivity contribution in [2.45, 2.75) is 31.9 Å². The van der Waals surface area contributed by atoms with Crippen LogP contribution in [0.3, 0.4) is 0 Å². The largest absolute Gasteiger partial charge is 0.368 e. The molecule has 0 radical (unpaired) electrons. The molecule has 0 aliphatic heterocycles. The molecule has 0 bridgehead atoms. The Bertz CT molecular complexity index is 494. The summed E-state index contributed by atoms with van der Waals surface area (Å²) in [6.45, 7) is 0.223. The Hall–Kier alpha value is -2.32. The van der Waals surface area contributed by atoms with Crippen LogP contribution in [0.15, 0.2) is 30.3 Å². The molecule has 21 heavy (non-hydrogen) atoms. The van der Waals surface area contributed by atoms with Gasteiger partial charge in [-0.15, -0.1) is 12.3 Å². The number of unbranched alkanes of at least 4 members (excludes halogenated alkanes) is 1. The Morgan fingerprint density at radius 2 is 2.05 bits per heavy atom. The van der Waals surface area contributed by atoms with Gasteiger partial charge in [-0.05, 0) is 18.4 Å².